The molecule has 10 aromatic rings. The van der Waals surface area contributed by atoms with Crippen LogP contribution in [0.5, 0.6) is 0 Å². The Morgan fingerprint density at radius 2 is 0.569 bits per heavy atom. The molecule has 0 saturated carbocycles. The van der Waals surface area contributed by atoms with E-state index in [1.807, 2.05) is 110 Å². The number of para-hydroxylation sites is 6. The fourth-order valence-electron chi connectivity index (χ4n) is 6.26. The van der Waals surface area contributed by atoms with Crippen molar-refractivity contribution in [1.29, 1.82) is 0 Å². The van der Waals surface area contributed by atoms with Gasteiger partial charge in [0.2, 0.25) is 17.7 Å². The average Bonchev–Trinajstić information content (AvgIpc) is 3.95. The summed E-state index contributed by atoms with van der Waals surface area (Å²) < 4.78 is 18.3. The van der Waals surface area contributed by atoms with E-state index in [4.69, 9.17) is 28.2 Å². The fraction of sp³-hybridized carbons (Fsp3) is 0. The minimum Gasteiger partial charge on any atom is -0.436 e. The number of pyridine rings is 3. The molecule has 0 fully saturated rings. The van der Waals surface area contributed by atoms with Crippen LogP contribution in [0.15, 0.2) is 160 Å². The highest BCUT2D eigenvalue weighted by Crippen LogP contribution is 2.37. The molecular weight excluding hydrogens is 637 g/mol. The third-order valence-corrected chi connectivity index (χ3v) is 8.77. The molecule has 0 N–H and O–H groups in total. The van der Waals surface area contributed by atoms with Gasteiger partial charge in [-0.3, -0.25) is 15.0 Å². The first kappa shape index (κ1) is 28.7. The van der Waals surface area contributed by atoms with E-state index >= 15 is 0 Å². The minimum atomic E-state index is 0.507. The highest BCUT2D eigenvalue weighted by molar-refractivity contribution is 5.85. The van der Waals surface area contributed by atoms with Crippen molar-refractivity contribution in [2.24, 2.45) is 0 Å². The molecule has 0 unspecified atom stereocenters. The van der Waals surface area contributed by atoms with Crippen LogP contribution in [0, 0.1) is 0 Å². The molecule has 51 heavy (non-hydrogen) atoms. The molecule has 0 atom stereocenters. The van der Waals surface area contributed by atoms with Gasteiger partial charge in [0.1, 0.15) is 16.6 Å². The van der Waals surface area contributed by atoms with Gasteiger partial charge in [0.05, 0.1) is 16.7 Å². The largest absolute Gasteiger partial charge is 0.436 e. The molecule has 9 nitrogen and oxygen atoms in total. The van der Waals surface area contributed by atoms with E-state index in [0.29, 0.717) is 17.7 Å². The molecule has 0 bridgehead atoms. The van der Waals surface area contributed by atoms with Gasteiger partial charge in [-0.2, -0.15) is 0 Å². The normalized spacial score (nSPS) is 11.5. The van der Waals surface area contributed by atoms with Gasteiger partial charge in [-0.15, -0.1) is 0 Å². The third-order valence-electron chi connectivity index (χ3n) is 8.77. The van der Waals surface area contributed by atoms with Gasteiger partial charge in [0.15, 0.2) is 16.7 Å². The Kier molecular flexibility index (Phi) is 6.60. The van der Waals surface area contributed by atoms with Crippen molar-refractivity contribution in [3.05, 3.63) is 146 Å². The number of oxazole rings is 3. The number of aromatic nitrogens is 6. The molecule has 240 valence electrons. The first-order valence-corrected chi connectivity index (χ1v) is 16.3. The van der Waals surface area contributed by atoms with Gasteiger partial charge >= 0.3 is 0 Å². The molecule has 0 aliphatic heterocycles. The first-order chi connectivity index (χ1) is 25.2. The van der Waals surface area contributed by atoms with Crippen LogP contribution in [0.4, 0.5) is 0 Å². The minimum absolute atomic E-state index is 0.507. The Morgan fingerprint density at radius 1 is 0.294 bits per heavy atom. The van der Waals surface area contributed by atoms with E-state index in [9.17, 15) is 0 Å². The molecular formula is C42H24N6O3. The molecule has 0 saturated heterocycles. The summed E-state index contributed by atoms with van der Waals surface area (Å²) >= 11 is 0. The van der Waals surface area contributed by atoms with E-state index in [2.05, 4.69) is 33.2 Å². The van der Waals surface area contributed by atoms with E-state index in [1.165, 1.54) is 0 Å². The van der Waals surface area contributed by atoms with E-state index in [-0.39, 0.29) is 0 Å². The van der Waals surface area contributed by atoms with Gasteiger partial charge in [-0.25, -0.2) is 15.0 Å². The second kappa shape index (κ2) is 11.7. The molecule has 0 spiro atoms. The zero-order chi connectivity index (χ0) is 33.7. The smallest absolute Gasteiger partial charge is 0.228 e. The number of hydrogen-bond donors (Lipinski definition) is 0. The molecule has 0 aliphatic rings. The summed E-state index contributed by atoms with van der Waals surface area (Å²) in [5.74, 6) is 1.52. The second-order valence-corrected chi connectivity index (χ2v) is 12.1. The maximum Gasteiger partial charge on any atom is 0.228 e. The average molecular weight is 661 g/mol. The second-order valence-electron chi connectivity index (χ2n) is 12.1. The zero-order valence-corrected chi connectivity index (χ0v) is 26.8. The van der Waals surface area contributed by atoms with Gasteiger partial charge in [0, 0.05) is 53.9 Å². The fourth-order valence-corrected chi connectivity index (χ4v) is 6.26. The molecule has 6 aromatic heterocycles. The summed E-state index contributed by atoms with van der Waals surface area (Å²) in [4.78, 5) is 27.9. The summed E-state index contributed by atoms with van der Waals surface area (Å²) in [6, 6.07) is 35.6. The Bertz CT molecular complexity index is 2480. The summed E-state index contributed by atoms with van der Waals surface area (Å²) in [5.41, 5.74) is 12.4. The summed E-state index contributed by atoms with van der Waals surface area (Å²) in [6.45, 7) is 0. The van der Waals surface area contributed by atoms with Crippen LogP contribution in [0.25, 0.3) is 101 Å². The lowest BCUT2D eigenvalue weighted by molar-refractivity contribution is 0.619. The SMILES string of the molecule is c1ccc2oc(-c3cncc(-c4cc(-c5cncc(-c6nc7ccccc7o6)c5)cc(-c5cncc(-c6nc7ccccc7o6)c5)c4)c3)nc2c1. The molecule has 9 heteroatoms. The summed E-state index contributed by atoms with van der Waals surface area (Å²) in [6.07, 6.45) is 10.8. The maximum absolute atomic E-state index is 6.09. The highest BCUT2D eigenvalue weighted by Gasteiger charge is 2.16. The first-order valence-electron chi connectivity index (χ1n) is 16.3. The molecule has 4 aromatic carbocycles. The van der Waals surface area contributed by atoms with Crippen LogP contribution in [-0.4, -0.2) is 29.9 Å². The quantitative estimate of drug-likeness (QED) is 0.172. The van der Waals surface area contributed by atoms with Crippen LogP contribution < -0.4 is 0 Å². The van der Waals surface area contributed by atoms with Crippen molar-refractivity contribution >= 4 is 33.3 Å². The Labute approximate surface area is 290 Å². The topological polar surface area (TPSA) is 117 Å². The Hall–Kier alpha value is -7.26. The lowest BCUT2D eigenvalue weighted by Crippen LogP contribution is -1.90. The molecule has 0 radical (unpaired) electrons. The van der Waals surface area contributed by atoms with Crippen LogP contribution in [0.2, 0.25) is 0 Å². The van der Waals surface area contributed by atoms with Gasteiger partial charge in [0.25, 0.3) is 0 Å². The number of nitrogens with zero attached hydrogens (tertiary/aromatic N) is 6. The predicted molar refractivity (Wildman–Crippen MR) is 195 cm³/mol. The molecule has 0 amide bonds. The van der Waals surface area contributed by atoms with Crippen molar-refractivity contribution in [2.75, 3.05) is 0 Å². The van der Waals surface area contributed by atoms with Gasteiger partial charge < -0.3 is 13.3 Å². The third kappa shape index (κ3) is 5.30. The summed E-state index contributed by atoms with van der Waals surface area (Å²) in [5, 5.41) is 0. The van der Waals surface area contributed by atoms with Crippen molar-refractivity contribution < 1.29 is 13.3 Å². The van der Waals surface area contributed by atoms with Gasteiger partial charge in [-0.1, -0.05) is 36.4 Å². The van der Waals surface area contributed by atoms with E-state index in [1.54, 1.807) is 18.6 Å². The molecule has 6 heterocycles. The standard InChI is InChI=1S/C42H24N6O3/c1-4-10-37-34(7-1)46-40(49-37)31-16-28(19-43-22-31)25-13-26(29-17-32(23-44-20-29)41-47-35-8-2-5-11-38(35)50-41)15-27(14-25)30-18-33(24-45-21-30)42-48-36-9-3-6-12-39(36)51-42/h1-24H. The van der Waals surface area contributed by atoms with Crippen molar-refractivity contribution in [3.63, 3.8) is 0 Å². The van der Waals surface area contributed by atoms with Crippen molar-refractivity contribution in [1.82, 2.24) is 29.9 Å². The summed E-state index contributed by atoms with van der Waals surface area (Å²) in [7, 11) is 0. The number of rotatable bonds is 6. The van der Waals surface area contributed by atoms with Crippen LogP contribution in [0.3, 0.4) is 0 Å². The Morgan fingerprint density at radius 3 is 0.882 bits per heavy atom. The van der Waals surface area contributed by atoms with E-state index < -0.39 is 0 Å². The zero-order valence-electron chi connectivity index (χ0n) is 26.8. The van der Waals surface area contributed by atoms with Crippen molar-refractivity contribution in [3.8, 4) is 67.7 Å². The van der Waals surface area contributed by atoms with Gasteiger partial charge in [-0.05, 0) is 89.5 Å². The van der Waals surface area contributed by atoms with E-state index in [0.717, 1.165) is 83.4 Å². The number of hydrogen-bond acceptors (Lipinski definition) is 9. The molecule has 10 rings (SSSR count). The molecule has 0 aliphatic carbocycles. The van der Waals surface area contributed by atoms with Crippen LogP contribution in [0.1, 0.15) is 0 Å². The number of fused-ring (bicyclic) bond motifs is 3. The lowest BCUT2D eigenvalue weighted by atomic mass is 9.94. The van der Waals surface area contributed by atoms with Crippen LogP contribution in [-0.2, 0) is 0 Å². The maximum atomic E-state index is 6.09. The monoisotopic (exact) mass is 660 g/mol. The van der Waals surface area contributed by atoms with Crippen LogP contribution >= 0.6 is 0 Å². The van der Waals surface area contributed by atoms with Crippen molar-refractivity contribution in [2.45, 2.75) is 0 Å². The lowest BCUT2D eigenvalue weighted by Gasteiger charge is -2.12. The highest BCUT2D eigenvalue weighted by atomic mass is 16.4. The Balaban J connectivity index is 1.11. The number of benzene rings is 4. The predicted octanol–water partition coefficient (Wildman–Crippen LogP) is 10.3.